The van der Waals surface area contributed by atoms with E-state index in [0.29, 0.717) is 42.5 Å². The molecule has 0 radical (unpaired) electrons. The van der Waals surface area contributed by atoms with Gasteiger partial charge in [-0.2, -0.15) is 0 Å². The van der Waals surface area contributed by atoms with E-state index < -0.39 is 233 Å². The van der Waals surface area contributed by atoms with E-state index in [9.17, 15) is 115 Å². The van der Waals surface area contributed by atoms with E-state index in [1.54, 1.807) is 0 Å². The summed E-state index contributed by atoms with van der Waals surface area (Å²) >= 11 is 0. The molecule has 410 valence electrons. The highest BCUT2D eigenvalue weighted by molar-refractivity contribution is 6.10. The van der Waals surface area contributed by atoms with E-state index in [0.717, 1.165) is 0 Å². The van der Waals surface area contributed by atoms with E-state index in [4.69, 9.17) is 37.9 Å². The Bertz CT molecular complexity index is 3650. The van der Waals surface area contributed by atoms with Gasteiger partial charge in [0.15, 0.2) is 75.5 Å². The summed E-state index contributed by atoms with van der Waals surface area (Å²) in [6.07, 6.45) is -12.8. The van der Waals surface area contributed by atoms with Gasteiger partial charge in [-0.15, -0.1) is 0 Å². The Morgan fingerprint density at radius 3 is 1.62 bits per heavy atom. The lowest BCUT2D eigenvalue weighted by molar-refractivity contribution is -0.339. The van der Waals surface area contributed by atoms with E-state index >= 15 is 0 Å². The van der Waals surface area contributed by atoms with Crippen LogP contribution in [0.1, 0.15) is 63.3 Å². The van der Waals surface area contributed by atoms with Gasteiger partial charge in [0, 0.05) is 16.7 Å². The summed E-state index contributed by atoms with van der Waals surface area (Å²) in [5.74, 6) is -42.5. The van der Waals surface area contributed by atoms with Crippen molar-refractivity contribution in [3.63, 3.8) is 0 Å². The number of hydrogen-bond acceptors (Lipinski definition) is 31. The lowest BCUT2D eigenvalue weighted by Crippen LogP contribution is -2.70. The molecule has 0 aromatic heterocycles. The largest absolute Gasteiger partial charge is 0.504 e. The Balaban J connectivity index is 1.16. The van der Waals surface area contributed by atoms with Crippen LogP contribution in [0, 0.1) is 0 Å². The van der Waals surface area contributed by atoms with Gasteiger partial charge < -0.3 is 120 Å². The number of benzene rings is 5. The summed E-state index contributed by atoms with van der Waals surface area (Å²) in [6.45, 7) is -1.38. The minimum absolute atomic E-state index is 0.198. The van der Waals surface area contributed by atoms with Crippen molar-refractivity contribution >= 4 is 41.6 Å². The topological polar surface area (TPSA) is 517 Å². The molecular formula is C48H32O31. The van der Waals surface area contributed by atoms with Gasteiger partial charge in [0.2, 0.25) is 41.2 Å². The van der Waals surface area contributed by atoms with Crippen molar-refractivity contribution in [2.45, 2.75) is 48.2 Å². The minimum Gasteiger partial charge on any atom is -0.504 e. The normalized spacial score (nSPS) is 23.6. The molecule has 4 aliphatic heterocycles. The summed E-state index contributed by atoms with van der Waals surface area (Å²) in [5, 5.41) is 172. The molecule has 79 heavy (non-hydrogen) atoms. The summed E-state index contributed by atoms with van der Waals surface area (Å²) < 4.78 is 44.3. The average Bonchev–Trinajstić information content (AvgIpc) is 3.55. The molecule has 31 nitrogen and oxygen atoms in total. The molecule has 5 aromatic carbocycles. The van der Waals surface area contributed by atoms with Crippen LogP contribution in [0.15, 0.2) is 54.1 Å². The molecule has 0 amide bonds. The summed E-state index contributed by atoms with van der Waals surface area (Å²) in [5.41, 5.74) is -9.68. The molecule has 4 heterocycles. The number of phenolic OH excluding ortho intramolecular Hbond substituents is 13. The highest BCUT2D eigenvalue weighted by Gasteiger charge is 2.70. The molecule has 1 fully saturated rings. The third kappa shape index (κ3) is 7.78. The highest BCUT2D eigenvalue weighted by atomic mass is 16.8. The first-order valence-corrected chi connectivity index (χ1v) is 22.0. The Morgan fingerprint density at radius 1 is 0.519 bits per heavy atom. The number of carbonyl (C=O) groups excluding carboxylic acids is 7. The standard InChI is InChI=1S/C48H32O31/c49-16-1-10(2-17(50)29(16)56)40(63)73-22-4-11(3-18(51)30(22)57)41(64)78-46-39-38-36(75-44(67)14-7-21(54)33(60)37-27(14)28-15(45(68)77-39)8-24(55)48(71,79-37)47(28,69)70)23(74-46)9-72-42(65)12-5-19(52)31(58)34(61)25(12)26-13(43(66)76-38)6-20(53)32(59)35(26)62/h1-8,23,28,36,38-39,46,49-54,56-62,69-71H,9H2/t23-,28+,36-,38+,39-,46+,48+/m1/s1. The first-order chi connectivity index (χ1) is 37.1. The minimum atomic E-state index is -4.06. The first-order valence-electron chi connectivity index (χ1n) is 22.0. The van der Waals surface area contributed by atoms with E-state index in [1.165, 1.54) is 0 Å². The number of esters is 6. The number of aliphatic hydroxyl groups is 3. The molecule has 16 N–H and O–H groups in total. The predicted octanol–water partition coefficient (Wildman–Crippen LogP) is -0.471. The molecule has 31 heteroatoms. The third-order valence-corrected chi connectivity index (χ3v) is 13.0. The fraction of sp³-hybridized carbons (Fsp3) is 0.188. The maximum absolute atomic E-state index is 14.8. The second kappa shape index (κ2) is 17.7. The Labute approximate surface area is 433 Å². The zero-order chi connectivity index (χ0) is 57.4. The smallest absolute Gasteiger partial charge is 0.343 e. The van der Waals surface area contributed by atoms with Gasteiger partial charge in [-0.25, -0.2) is 28.8 Å². The number of carbonyl (C=O) groups is 7. The number of hydrogen-bond donors (Lipinski definition) is 16. The van der Waals surface area contributed by atoms with Gasteiger partial charge in [0.25, 0.3) is 5.79 Å². The predicted molar refractivity (Wildman–Crippen MR) is 239 cm³/mol. The lowest BCUT2D eigenvalue weighted by Gasteiger charge is -2.49. The van der Waals surface area contributed by atoms with Gasteiger partial charge in [-0.05, 0) is 48.5 Å². The van der Waals surface area contributed by atoms with E-state index in [1.807, 2.05) is 0 Å². The van der Waals surface area contributed by atoms with Crippen molar-refractivity contribution in [1.29, 1.82) is 0 Å². The maximum Gasteiger partial charge on any atom is 0.343 e. The molecule has 0 saturated carbocycles. The van der Waals surface area contributed by atoms with Crippen molar-refractivity contribution in [3.05, 3.63) is 87.5 Å². The van der Waals surface area contributed by atoms with Gasteiger partial charge >= 0.3 is 41.6 Å². The number of cyclic esters (lactones) is 1. The fourth-order valence-electron chi connectivity index (χ4n) is 9.20. The molecule has 0 spiro atoms. The zero-order valence-corrected chi connectivity index (χ0v) is 38.6. The van der Waals surface area contributed by atoms with Crippen LogP contribution in [0.25, 0.3) is 11.1 Å². The maximum atomic E-state index is 14.8. The molecule has 1 aliphatic carbocycles. The van der Waals surface area contributed by atoms with Crippen molar-refractivity contribution in [1.82, 2.24) is 0 Å². The van der Waals surface area contributed by atoms with Crippen molar-refractivity contribution in [3.8, 4) is 97.4 Å². The number of phenols is 13. The molecule has 6 bridgehead atoms. The third-order valence-electron chi connectivity index (χ3n) is 13.0. The summed E-state index contributed by atoms with van der Waals surface area (Å²) in [4.78, 5) is 99.4. The van der Waals surface area contributed by atoms with Crippen LogP contribution in [-0.2, 0) is 38.0 Å². The number of aromatic hydroxyl groups is 13. The van der Waals surface area contributed by atoms with Gasteiger partial charge in [-0.1, -0.05) is 0 Å². The van der Waals surface area contributed by atoms with Crippen LogP contribution in [-0.4, -0.2) is 172 Å². The molecule has 10 rings (SSSR count). The number of ether oxygens (including phenoxy) is 8. The van der Waals surface area contributed by atoms with Crippen molar-refractivity contribution in [2.24, 2.45) is 0 Å². The molecule has 5 aromatic rings. The Kier molecular flexibility index (Phi) is 11.6. The van der Waals surface area contributed by atoms with Crippen molar-refractivity contribution in [2.75, 3.05) is 6.61 Å². The number of fused-ring (bicyclic) bond motifs is 4. The second-order valence-corrected chi connectivity index (χ2v) is 17.7. The molecule has 5 aliphatic rings. The van der Waals surface area contributed by atoms with Crippen LogP contribution < -0.4 is 9.47 Å². The fourth-order valence-corrected chi connectivity index (χ4v) is 9.20. The van der Waals surface area contributed by atoms with Gasteiger partial charge in [0.1, 0.15) is 12.7 Å². The molecule has 0 unspecified atom stereocenters. The number of rotatable bonds is 4. The van der Waals surface area contributed by atoms with Crippen LogP contribution in [0.3, 0.4) is 0 Å². The monoisotopic (exact) mass is 1100 g/mol. The van der Waals surface area contributed by atoms with Crippen LogP contribution in [0.4, 0.5) is 0 Å². The first kappa shape index (κ1) is 51.8. The van der Waals surface area contributed by atoms with Gasteiger partial charge in [-0.3, -0.25) is 4.79 Å². The zero-order valence-electron chi connectivity index (χ0n) is 38.6. The number of ketones is 1. The van der Waals surface area contributed by atoms with Crippen molar-refractivity contribution < 1.29 is 153 Å². The average molecular weight is 1100 g/mol. The molecular weight excluding hydrogens is 1070 g/mol. The Hall–Kier alpha value is -10.6. The quantitative estimate of drug-likeness (QED) is 0.0356. The highest BCUT2D eigenvalue weighted by Crippen LogP contribution is 2.59. The van der Waals surface area contributed by atoms with Crippen LogP contribution >= 0.6 is 0 Å². The summed E-state index contributed by atoms with van der Waals surface area (Å²) in [7, 11) is 0. The van der Waals surface area contributed by atoms with E-state index in [-0.39, 0.29) is 6.08 Å². The molecule has 7 atom stereocenters. The SMILES string of the molecule is O=C1O[C@H]2[C@H](OC(=O)c3cc(O)c(O)c(OC(=O)c4cc(O)c(O)c(O)c4)c3)O[C@@H]3COC(=O)c4cc(O)c(O)c(O)c4-c4c(cc(O)c(O)c4O)C(=O)O[C@H]2[C@@H]3OC(=O)c2cc(O)c(O)c3c2[C@@H]2C1=CC(=O)[C@](O)(O3)C2(O)O. The van der Waals surface area contributed by atoms with Gasteiger partial charge in [0.05, 0.1) is 39.3 Å². The lowest BCUT2D eigenvalue weighted by atomic mass is 9.70. The second-order valence-electron chi connectivity index (χ2n) is 17.7. The van der Waals surface area contributed by atoms with Crippen LogP contribution in [0.5, 0.6) is 86.2 Å². The van der Waals surface area contributed by atoms with E-state index in [2.05, 4.69) is 0 Å². The summed E-state index contributed by atoms with van der Waals surface area (Å²) in [6, 6.07) is 3.30. The Morgan fingerprint density at radius 2 is 1.01 bits per heavy atom. The molecule has 1 saturated heterocycles. The van der Waals surface area contributed by atoms with Crippen LogP contribution in [0.2, 0.25) is 0 Å².